The van der Waals surface area contributed by atoms with Gasteiger partial charge in [0.25, 0.3) is 0 Å². The predicted octanol–water partition coefficient (Wildman–Crippen LogP) is 1.61. The molecule has 0 saturated carbocycles. The van der Waals surface area contributed by atoms with Gasteiger partial charge in [0.05, 0.1) is 25.6 Å². The molecule has 1 saturated heterocycles. The number of thiocarbonyl (C=S) groups is 1. The van der Waals surface area contributed by atoms with Crippen LogP contribution in [0.5, 0.6) is 0 Å². The summed E-state index contributed by atoms with van der Waals surface area (Å²) in [6.07, 6.45) is 0. The summed E-state index contributed by atoms with van der Waals surface area (Å²) < 4.78 is 5.89. The van der Waals surface area contributed by atoms with Crippen molar-refractivity contribution in [1.29, 1.82) is 5.41 Å². The molecule has 0 spiro atoms. The van der Waals surface area contributed by atoms with Crippen LogP contribution in [0.3, 0.4) is 0 Å². The monoisotopic (exact) mass is 310 g/mol. The van der Waals surface area contributed by atoms with E-state index in [0.29, 0.717) is 21.7 Å². The van der Waals surface area contributed by atoms with Crippen LogP contribution in [0, 0.1) is 12.3 Å². The van der Waals surface area contributed by atoms with Gasteiger partial charge in [0.1, 0.15) is 9.36 Å². The highest BCUT2D eigenvalue weighted by molar-refractivity contribution is 8.33. The fourth-order valence-electron chi connectivity index (χ4n) is 1.79. The van der Waals surface area contributed by atoms with E-state index in [2.05, 4.69) is 15.2 Å². The molecular formula is C13H18N4OS2. The Balaban J connectivity index is 1.77. The van der Waals surface area contributed by atoms with Crippen molar-refractivity contribution in [1.82, 2.24) is 15.2 Å². The number of rotatable bonds is 3. The number of morpholine rings is 1. The number of thioether (sulfide) groups is 1. The fourth-order valence-corrected chi connectivity index (χ4v) is 2.64. The lowest BCUT2D eigenvalue weighted by molar-refractivity contribution is 0.0368. The van der Waals surface area contributed by atoms with Crippen LogP contribution in [0.4, 0.5) is 0 Å². The highest BCUT2D eigenvalue weighted by atomic mass is 32.2. The Morgan fingerprint density at radius 3 is 2.95 bits per heavy atom. The number of hydrogen-bond acceptors (Lipinski definition) is 6. The number of ether oxygens (including phenoxy) is 1. The maximum absolute atomic E-state index is 8.02. The molecule has 0 bridgehead atoms. The molecule has 20 heavy (non-hydrogen) atoms. The van der Waals surface area contributed by atoms with E-state index in [4.69, 9.17) is 22.4 Å². The summed E-state index contributed by atoms with van der Waals surface area (Å²) in [5.41, 5.74) is 1.56. The van der Waals surface area contributed by atoms with Crippen LogP contribution in [-0.2, 0) is 4.74 Å². The summed E-state index contributed by atoms with van der Waals surface area (Å²) in [7, 11) is 0. The van der Waals surface area contributed by atoms with Gasteiger partial charge in [0.2, 0.25) is 0 Å². The van der Waals surface area contributed by atoms with Crippen molar-refractivity contribution < 1.29 is 4.74 Å². The maximum atomic E-state index is 8.02. The molecule has 0 amide bonds. The van der Waals surface area contributed by atoms with Crippen LogP contribution in [-0.4, -0.2) is 52.2 Å². The topological polar surface area (TPSA) is 61.2 Å². The third-order valence-corrected chi connectivity index (χ3v) is 4.00. The van der Waals surface area contributed by atoms with Gasteiger partial charge >= 0.3 is 0 Å². The molecule has 2 rings (SSSR count). The van der Waals surface area contributed by atoms with Gasteiger partial charge in [-0.15, -0.1) is 0 Å². The highest BCUT2D eigenvalue weighted by Crippen LogP contribution is 2.12. The quantitative estimate of drug-likeness (QED) is 0.502. The molecule has 1 aliphatic rings. The number of aromatic nitrogens is 1. The molecule has 0 atom stereocenters. The van der Waals surface area contributed by atoms with Crippen LogP contribution in [0.25, 0.3) is 0 Å². The smallest absolute Gasteiger partial charge is 0.141 e. The minimum atomic E-state index is 0.369. The zero-order valence-electron chi connectivity index (χ0n) is 11.4. The third-order valence-electron chi connectivity index (χ3n) is 2.87. The van der Waals surface area contributed by atoms with Crippen LogP contribution in [0.15, 0.2) is 18.2 Å². The van der Waals surface area contributed by atoms with Crippen molar-refractivity contribution in [3.05, 3.63) is 29.6 Å². The first kappa shape index (κ1) is 15.4. The Kier molecular flexibility index (Phi) is 5.90. The molecular weight excluding hydrogens is 292 g/mol. The Labute approximate surface area is 128 Å². The summed E-state index contributed by atoms with van der Waals surface area (Å²) in [6, 6.07) is 5.64. The normalized spacial score (nSPS) is 15.8. The van der Waals surface area contributed by atoms with Crippen molar-refractivity contribution in [3.63, 3.8) is 0 Å². The summed E-state index contributed by atoms with van der Waals surface area (Å²) in [4.78, 5) is 6.56. The van der Waals surface area contributed by atoms with Gasteiger partial charge < -0.3 is 10.1 Å². The Bertz CT molecular complexity index is 489. The van der Waals surface area contributed by atoms with Gasteiger partial charge in [0, 0.05) is 18.8 Å². The summed E-state index contributed by atoms with van der Waals surface area (Å²) in [5, 5.41) is 11.6. The van der Waals surface area contributed by atoms with E-state index >= 15 is 0 Å². The van der Waals surface area contributed by atoms with Gasteiger partial charge in [-0.1, -0.05) is 18.3 Å². The van der Waals surface area contributed by atoms with E-state index in [-0.39, 0.29) is 0 Å². The number of hydrogen-bond donors (Lipinski definition) is 2. The van der Waals surface area contributed by atoms with Gasteiger partial charge in [-0.3, -0.25) is 15.3 Å². The minimum Gasteiger partial charge on any atom is -0.379 e. The van der Waals surface area contributed by atoms with Crippen molar-refractivity contribution >= 4 is 33.3 Å². The summed E-state index contributed by atoms with van der Waals surface area (Å²) in [6.45, 7) is 5.98. The second-order valence-corrected chi connectivity index (χ2v) is 6.14. The van der Waals surface area contributed by atoms with Crippen molar-refractivity contribution in [2.75, 3.05) is 33.0 Å². The molecule has 1 aromatic rings. The van der Waals surface area contributed by atoms with E-state index in [9.17, 15) is 0 Å². The molecule has 1 aliphatic heterocycles. The third kappa shape index (κ3) is 4.82. The molecule has 0 aliphatic carbocycles. The average molecular weight is 310 g/mol. The minimum absolute atomic E-state index is 0.369. The number of nitrogens with zero attached hydrogens (tertiary/aromatic N) is 2. The molecule has 5 nitrogen and oxygen atoms in total. The Morgan fingerprint density at radius 2 is 2.25 bits per heavy atom. The first-order valence-electron chi connectivity index (χ1n) is 6.43. The number of pyridine rings is 1. The second-order valence-electron chi connectivity index (χ2n) is 4.45. The largest absolute Gasteiger partial charge is 0.379 e. The zero-order chi connectivity index (χ0) is 14.4. The van der Waals surface area contributed by atoms with E-state index in [0.717, 1.165) is 32.0 Å². The maximum Gasteiger partial charge on any atom is 0.141 e. The van der Waals surface area contributed by atoms with Crippen molar-refractivity contribution in [3.8, 4) is 0 Å². The first-order valence-corrected chi connectivity index (χ1v) is 7.66. The van der Waals surface area contributed by atoms with Crippen LogP contribution >= 0.6 is 24.0 Å². The first-order chi connectivity index (χ1) is 9.65. The van der Waals surface area contributed by atoms with Gasteiger partial charge in [-0.2, -0.15) is 0 Å². The lowest BCUT2D eigenvalue weighted by Crippen LogP contribution is -2.43. The van der Waals surface area contributed by atoms with Crippen molar-refractivity contribution in [2.45, 2.75) is 6.92 Å². The van der Waals surface area contributed by atoms with Gasteiger partial charge in [0.15, 0.2) is 0 Å². The average Bonchev–Trinajstić information content (AvgIpc) is 2.46. The molecule has 1 aromatic heterocycles. The van der Waals surface area contributed by atoms with Gasteiger partial charge in [-0.05, 0) is 30.8 Å². The lowest BCUT2D eigenvalue weighted by atomic mass is 10.3. The lowest BCUT2D eigenvalue weighted by Gasteiger charge is -2.26. The zero-order valence-corrected chi connectivity index (χ0v) is 13.0. The molecule has 1 fully saturated rings. The number of nitrogens with one attached hydrogen (secondary N) is 2. The van der Waals surface area contributed by atoms with Crippen molar-refractivity contribution in [2.24, 2.45) is 0 Å². The van der Waals surface area contributed by atoms with E-state index in [1.807, 2.05) is 25.1 Å². The predicted molar refractivity (Wildman–Crippen MR) is 86.4 cm³/mol. The van der Waals surface area contributed by atoms with E-state index in [1.165, 1.54) is 11.8 Å². The fraction of sp³-hybridized carbons (Fsp3) is 0.462. The summed E-state index contributed by atoms with van der Waals surface area (Å²) in [5.74, 6) is 0. The molecule has 0 unspecified atom stereocenters. The SMILES string of the molecule is Cc1cccc(C(=N)SC(=S)NCN2CCOCC2)n1. The second kappa shape index (κ2) is 7.68. The van der Waals surface area contributed by atoms with Crippen LogP contribution in [0.2, 0.25) is 0 Å². The van der Waals surface area contributed by atoms with Gasteiger partial charge in [-0.25, -0.2) is 0 Å². The molecule has 7 heteroatoms. The van der Waals surface area contributed by atoms with E-state index < -0.39 is 0 Å². The summed E-state index contributed by atoms with van der Waals surface area (Å²) >= 11 is 6.49. The molecule has 0 radical (unpaired) electrons. The molecule has 2 heterocycles. The standard InChI is InChI=1S/C13H18N4OS2/c1-10-3-2-4-11(16-10)12(14)20-13(19)15-9-17-5-7-18-8-6-17/h2-4,14H,5-9H2,1H3,(H,15,19). The van der Waals surface area contributed by atoms with E-state index in [1.54, 1.807) is 0 Å². The highest BCUT2D eigenvalue weighted by Gasteiger charge is 2.12. The van der Waals surface area contributed by atoms with Crippen LogP contribution in [0.1, 0.15) is 11.4 Å². The Hall–Kier alpha value is -1.02. The van der Waals surface area contributed by atoms with Crippen LogP contribution < -0.4 is 5.32 Å². The molecule has 2 N–H and O–H groups in total. The Morgan fingerprint density at radius 1 is 1.50 bits per heavy atom. The molecule has 0 aromatic carbocycles. The number of aryl methyl sites for hydroxylation is 1. The molecule has 108 valence electrons.